The largest absolute Gasteiger partial charge is 0.307 e. The second-order valence-corrected chi connectivity index (χ2v) is 5.77. The molecule has 1 aromatic rings. The molecule has 1 aliphatic heterocycles. The van der Waals surface area contributed by atoms with Crippen LogP contribution in [0.5, 0.6) is 0 Å². The van der Waals surface area contributed by atoms with E-state index in [0.29, 0.717) is 18.1 Å². The molecule has 0 amide bonds. The monoisotopic (exact) mass is 260 g/mol. The van der Waals surface area contributed by atoms with Gasteiger partial charge in [-0.2, -0.15) is 0 Å². The summed E-state index contributed by atoms with van der Waals surface area (Å²) >= 11 is 0. The molecule has 0 radical (unpaired) electrons. The van der Waals surface area contributed by atoms with Crippen LogP contribution < -0.4 is 5.32 Å². The molecule has 106 valence electrons. The van der Waals surface area contributed by atoms with Gasteiger partial charge in [0, 0.05) is 31.2 Å². The summed E-state index contributed by atoms with van der Waals surface area (Å²) in [5.74, 6) is 0. The van der Waals surface area contributed by atoms with Gasteiger partial charge in [-0.25, -0.2) is 0 Å². The van der Waals surface area contributed by atoms with E-state index in [1.807, 2.05) is 0 Å². The summed E-state index contributed by atoms with van der Waals surface area (Å²) in [7, 11) is 0. The third kappa shape index (κ3) is 3.58. The molecule has 0 spiro atoms. The zero-order valence-electron chi connectivity index (χ0n) is 12.6. The second kappa shape index (κ2) is 7.06. The van der Waals surface area contributed by atoms with E-state index in [0.717, 1.165) is 13.1 Å². The van der Waals surface area contributed by atoms with Crippen molar-refractivity contribution >= 4 is 0 Å². The van der Waals surface area contributed by atoms with Gasteiger partial charge in [0.1, 0.15) is 0 Å². The Kier molecular flexibility index (Phi) is 5.41. The fourth-order valence-corrected chi connectivity index (χ4v) is 3.10. The third-order valence-electron chi connectivity index (χ3n) is 4.44. The Hall–Kier alpha value is -0.860. The molecule has 2 nitrogen and oxygen atoms in total. The van der Waals surface area contributed by atoms with Crippen molar-refractivity contribution in [2.45, 2.75) is 58.2 Å². The average molecular weight is 260 g/mol. The molecule has 19 heavy (non-hydrogen) atoms. The van der Waals surface area contributed by atoms with Crippen LogP contribution in [0.1, 0.15) is 51.6 Å². The van der Waals surface area contributed by atoms with Gasteiger partial charge in [0.2, 0.25) is 0 Å². The van der Waals surface area contributed by atoms with E-state index in [2.05, 4.69) is 61.3 Å². The van der Waals surface area contributed by atoms with Crippen molar-refractivity contribution in [2.24, 2.45) is 0 Å². The minimum atomic E-state index is 0.489. The Morgan fingerprint density at radius 2 is 2.00 bits per heavy atom. The van der Waals surface area contributed by atoms with E-state index in [9.17, 15) is 0 Å². The lowest BCUT2D eigenvalue weighted by atomic mass is 9.97. The van der Waals surface area contributed by atoms with Crippen molar-refractivity contribution in [3.05, 3.63) is 35.9 Å². The fourth-order valence-electron chi connectivity index (χ4n) is 3.10. The molecule has 3 unspecified atom stereocenters. The SMILES string of the molecule is CCCC1CNC(c2ccccc2)CN1C(C)CC. The first-order chi connectivity index (χ1) is 9.26. The number of hydrogen-bond donors (Lipinski definition) is 1. The molecule has 1 heterocycles. The topological polar surface area (TPSA) is 15.3 Å². The van der Waals surface area contributed by atoms with Gasteiger partial charge < -0.3 is 5.32 Å². The number of hydrogen-bond acceptors (Lipinski definition) is 2. The Bertz CT molecular complexity index is 363. The van der Waals surface area contributed by atoms with E-state index in [1.165, 1.54) is 24.8 Å². The molecule has 1 aliphatic rings. The zero-order valence-corrected chi connectivity index (χ0v) is 12.6. The lowest BCUT2D eigenvalue weighted by molar-refractivity contribution is 0.0810. The normalized spacial score (nSPS) is 26.3. The lowest BCUT2D eigenvalue weighted by Gasteiger charge is -2.44. The van der Waals surface area contributed by atoms with Gasteiger partial charge in [0.25, 0.3) is 0 Å². The van der Waals surface area contributed by atoms with E-state index >= 15 is 0 Å². The second-order valence-electron chi connectivity index (χ2n) is 5.77. The molecule has 0 aromatic heterocycles. The van der Waals surface area contributed by atoms with E-state index in [-0.39, 0.29) is 0 Å². The summed E-state index contributed by atoms with van der Waals surface area (Å²) in [5, 5.41) is 3.74. The van der Waals surface area contributed by atoms with Crippen molar-refractivity contribution in [2.75, 3.05) is 13.1 Å². The Morgan fingerprint density at radius 3 is 2.63 bits per heavy atom. The smallest absolute Gasteiger partial charge is 0.0450 e. The minimum Gasteiger partial charge on any atom is -0.307 e. The summed E-state index contributed by atoms with van der Waals surface area (Å²) in [6.07, 6.45) is 3.82. The van der Waals surface area contributed by atoms with Crippen LogP contribution in [0.15, 0.2) is 30.3 Å². The van der Waals surface area contributed by atoms with Crippen LogP contribution in [0.4, 0.5) is 0 Å². The fraction of sp³-hybridized carbons (Fsp3) is 0.647. The molecule has 1 N–H and O–H groups in total. The maximum absolute atomic E-state index is 3.74. The summed E-state index contributed by atoms with van der Waals surface area (Å²) in [4.78, 5) is 2.72. The van der Waals surface area contributed by atoms with Crippen molar-refractivity contribution in [3.63, 3.8) is 0 Å². The van der Waals surface area contributed by atoms with Gasteiger partial charge in [-0.05, 0) is 25.3 Å². The molecule has 3 atom stereocenters. The van der Waals surface area contributed by atoms with Crippen LogP contribution in [0, 0.1) is 0 Å². The first-order valence-corrected chi connectivity index (χ1v) is 7.80. The summed E-state index contributed by atoms with van der Waals surface area (Å²) in [6, 6.07) is 12.7. The standard InChI is InChI=1S/C17H28N2/c1-4-9-16-12-18-17(13-19(16)14(3)5-2)15-10-7-6-8-11-15/h6-8,10-11,14,16-18H,4-5,9,12-13H2,1-3H3. The molecule has 0 aliphatic carbocycles. The summed E-state index contributed by atoms with van der Waals surface area (Å²) in [5.41, 5.74) is 1.42. The molecule has 2 heteroatoms. The van der Waals surface area contributed by atoms with Gasteiger partial charge in [-0.15, -0.1) is 0 Å². The van der Waals surface area contributed by atoms with Crippen LogP contribution in [0.2, 0.25) is 0 Å². The number of benzene rings is 1. The molecule has 1 aromatic carbocycles. The number of nitrogens with one attached hydrogen (secondary N) is 1. The van der Waals surface area contributed by atoms with Crippen molar-refractivity contribution in [3.8, 4) is 0 Å². The average Bonchev–Trinajstić information content (AvgIpc) is 2.48. The molecule has 2 rings (SSSR count). The van der Waals surface area contributed by atoms with Crippen LogP contribution in [-0.2, 0) is 0 Å². The van der Waals surface area contributed by atoms with Crippen molar-refractivity contribution in [1.82, 2.24) is 10.2 Å². The molecule has 0 saturated carbocycles. The molecular weight excluding hydrogens is 232 g/mol. The van der Waals surface area contributed by atoms with Gasteiger partial charge in [-0.3, -0.25) is 4.90 Å². The van der Waals surface area contributed by atoms with E-state index < -0.39 is 0 Å². The highest BCUT2D eigenvalue weighted by molar-refractivity contribution is 5.20. The summed E-state index contributed by atoms with van der Waals surface area (Å²) < 4.78 is 0. The highest BCUT2D eigenvalue weighted by atomic mass is 15.2. The number of nitrogens with zero attached hydrogens (tertiary/aromatic N) is 1. The van der Waals surface area contributed by atoms with Crippen LogP contribution in [0.3, 0.4) is 0 Å². The van der Waals surface area contributed by atoms with Crippen molar-refractivity contribution in [1.29, 1.82) is 0 Å². The predicted octanol–water partition coefficient (Wildman–Crippen LogP) is 3.60. The molecule has 0 bridgehead atoms. The first-order valence-electron chi connectivity index (χ1n) is 7.80. The van der Waals surface area contributed by atoms with Gasteiger partial charge in [-0.1, -0.05) is 50.6 Å². The number of rotatable bonds is 5. The zero-order chi connectivity index (χ0) is 13.7. The third-order valence-corrected chi connectivity index (χ3v) is 4.44. The van der Waals surface area contributed by atoms with Gasteiger partial charge in [0.05, 0.1) is 0 Å². The van der Waals surface area contributed by atoms with Gasteiger partial charge in [0.15, 0.2) is 0 Å². The summed E-state index contributed by atoms with van der Waals surface area (Å²) in [6.45, 7) is 9.22. The van der Waals surface area contributed by atoms with E-state index in [1.54, 1.807) is 0 Å². The van der Waals surface area contributed by atoms with Crippen molar-refractivity contribution < 1.29 is 0 Å². The van der Waals surface area contributed by atoms with Gasteiger partial charge >= 0.3 is 0 Å². The van der Waals surface area contributed by atoms with Crippen LogP contribution in [0.25, 0.3) is 0 Å². The molecule has 1 saturated heterocycles. The number of piperazine rings is 1. The maximum Gasteiger partial charge on any atom is 0.0450 e. The Balaban J connectivity index is 2.08. The van der Waals surface area contributed by atoms with Crippen LogP contribution >= 0.6 is 0 Å². The Labute approximate surface area is 118 Å². The van der Waals surface area contributed by atoms with E-state index in [4.69, 9.17) is 0 Å². The highest BCUT2D eigenvalue weighted by Crippen LogP contribution is 2.24. The maximum atomic E-state index is 3.74. The first kappa shape index (κ1) is 14.5. The lowest BCUT2D eigenvalue weighted by Crippen LogP contribution is -2.55. The molecular formula is C17H28N2. The molecule has 1 fully saturated rings. The van der Waals surface area contributed by atoms with Crippen LogP contribution in [-0.4, -0.2) is 30.1 Å². The minimum absolute atomic E-state index is 0.489. The Morgan fingerprint density at radius 1 is 1.26 bits per heavy atom. The quantitative estimate of drug-likeness (QED) is 0.870. The predicted molar refractivity (Wildman–Crippen MR) is 82.3 cm³/mol. The highest BCUT2D eigenvalue weighted by Gasteiger charge is 2.30.